The molecule has 0 aliphatic heterocycles. The van der Waals surface area contributed by atoms with Gasteiger partial charge in [0, 0.05) is 5.02 Å². The Balaban J connectivity index is 1.71. The Morgan fingerprint density at radius 3 is 2.09 bits per heavy atom. The molecule has 6 nitrogen and oxygen atoms in total. The fourth-order valence-corrected chi connectivity index (χ4v) is 4.92. The molecule has 0 saturated carbocycles. The van der Waals surface area contributed by atoms with Crippen molar-refractivity contribution < 1.29 is 8.42 Å². The van der Waals surface area contributed by atoms with Crippen LogP contribution in [-0.2, 0) is 23.0 Å². The summed E-state index contributed by atoms with van der Waals surface area (Å²) in [6.07, 6.45) is 0.397. The second-order valence-electron chi connectivity index (χ2n) is 7.25. The molecule has 0 bridgehead atoms. The highest BCUT2D eigenvalue weighted by Crippen LogP contribution is 2.24. The lowest BCUT2D eigenvalue weighted by Gasteiger charge is -2.20. The van der Waals surface area contributed by atoms with Crippen LogP contribution in [0.3, 0.4) is 0 Å². The van der Waals surface area contributed by atoms with Gasteiger partial charge in [0.1, 0.15) is 0 Å². The fourth-order valence-electron chi connectivity index (χ4n) is 3.39. The van der Waals surface area contributed by atoms with Gasteiger partial charge in [-0.05, 0) is 41.8 Å². The molecular weight excluding hydrogens is 464 g/mol. The van der Waals surface area contributed by atoms with Gasteiger partial charge in [-0.25, -0.2) is 13.1 Å². The summed E-state index contributed by atoms with van der Waals surface area (Å²) >= 11 is 10.4. The maximum atomic E-state index is 13.2. The van der Waals surface area contributed by atoms with Crippen LogP contribution in [0.25, 0.3) is 0 Å². The zero-order chi connectivity index (χ0) is 22.6. The second kappa shape index (κ2) is 9.87. The minimum atomic E-state index is -3.84. The highest BCUT2D eigenvalue weighted by atomic mass is 35.5. The van der Waals surface area contributed by atoms with Gasteiger partial charge in [-0.3, -0.25) is 0 Å². The molecule has 164 valence electrons. The first kappa shape index (κ1) is 22.5. The largest absolute Gasteiger partial charge is 0.300 e. The minimum Gasteiger partial charge on any atom is -0.300 e. The summed E-state index contributed by atoms with van der Waals surface area (Å²) in [5.41, 5.74) is 1.99. The van der Waals surface area contributed by atoms with Crippen molar-refractivity contribution in [2.75, 3.05) is 0 Å². The quantitative estimate of drug-likeness (QED) is 0.360. The van der Waals surface area contributed by atoms with Crippen molar-refractivity contribution in [3.05, 3.63) is 107 Å². The molecular formula is C23H21ClN4O2S2. The summed E-state index contributed by atoms with van der Waals surface area (Å²) in [5, 5.41) is 9.28. The van der Waals surface area contributed by atoms with Crippen molar-refractivity contribution >= 4 is 34.3 Å². The SMILES string of the molecule is O=S(=O)(N[C@H](Cc1ccccc1)c1nnc(S)n1Cc1ccccc1)c1ccc(Cl)cc1. The predicted molar refractivity (Wildman–Crippen MR) is 127 cm³/mol. The molecule has 0 fully saturated rings. The number of aromatic nitrogens is 3. The van der Waals surface area contributed by atoms with E-state index in [4.69, 9.17) is 11.6 Å². The summed E-state index contributed by atoms with van der Waals surface area (Å²) in [6, 6.07) is 24.8. The van der Waals surface area contributed by atoms with E-state index in [0.29, 0.717) is 29.0 Å². The van der Waals surface area contributed by atoms with Crippen LogP contribution in [0, 0.1) is 0 Å². The Labute approximate surface area is 197 Å². The van der Waals surface area contributed by atoms with E-state index in [1.807, 2.05) is 65.2 Å². The number of nitrogens with one attached hydrogen (secondary N) is 1. The molecule has 4 rings (SSSR count). The number of halogens is 1. The minimum absolute atomic E-state index is 0.125. The normalized spacial score (nSPS) is 12.6. The summed E-state index contributed by atoms with van der Waals surface area (Å²) in [5.74, 6) is 0.486. The standard InChI is InChI=1S/C23H21ClN4O2S2/c24-19-11-13-20(14-12-19)32(29,30)27-21(15-17-7-3-1-4-8-17)22-25-26-23(31)28(22)16-18-9-5-2-6-10-18/h1-14,21,27H,15-16H2,(H,26,31)/t21-/m1/s1. The molecule has 0 amide bonds. The van der Waals surface area contributed by atoms with E-state index in [1.165, 1.54) is 12.1 Å². The van der Waals surface area contributed by atoms with Crippen molar-refractivity contribution in [2.24, 2.45) is 0 Å². The van der Waals surface area contributed by atoms with E-state index in [-0.39, 0.29) is 4.90 Å². The van der Waals surface area contributed by atoms with Crippen molar-refractivity contribution in [3.8, 4) is 0 Å². The molecule has 3 aromatic carbocycles. The number of sulfonamides is 1. The highest BCUT2D eigenvalue weighted by molar-refractivity contribution is 7.89. The number of rotatable bonds is 8. The third-order valence-electron chi connectivity index (χ3n) is 4.96. The zero-order valence-electron chi connectivity index (χ0n) is 17.0. The molecule has 0 spiro atoms. The van der Waals surface area contributed by atoms with E-state index >= 15 is 0 Å². The molecule has 1 atom stereocenters. The van der Waals surface area contributed by atoms with Crippen molar-refractivity contribution in [1.82, 2.24) is 19.5 Å². The summed E-state index contributed by atoms with van der Waals surface area (Å²) in [4.78, 5) is 0.125. The number of hydrogen-bond donors (Lipinski definition) is 2. The first-order chi connectivity index (χ1) is 15.4. The van der Waals surface area contributed by atoms with Gasteiger partial charge in [0.2, 0.25) is 10.0 Å². The molecule has 0 aliphatic rings. The van der Waals surface area contributed by atoms with Gasteiger partial charge in [0.15, 0.2) is 11.0 Å². The van der Waals surface area contributed by atoms with Crippen molar-refractivity contribution in [1.29, 1.82) is 0 Å². The molecule has 9 heteroatoms. The molecule has 0 saturated heterocycles. The molecule has 0 unspecified atom stereocenters. The third-order valence-corrected chi connectivity index (χ3v) is 7.03. The molecule has 4 aromatic rings. The Bertz CT molecular complexity index is 1280. The maximum absolute atomic E-state index is 13.2. The predicted octanol–water partition coefficient (Wildman–Crippen LogP) is 4.53. The Hall–Kier alpha value is -2.65. The fraction of sp³-hybridized carbons (Fsp3) is 0.130. The van der Waals surface area contributed by atoms with Gasteiger partial charge in [-0.2, -0.15) is 0 Å². The van der Waals surface area contributed by atoms with Gasteiger partial charge >= 0.3 is 0 Å². The van der Waals surface area contributed by atoms with Gasteiger partial charge < -0.3 is 4.57 Å². The number of hydrogen-bond acceptors (Lipinski definition) is 5. The lowest BCUT2D eigenvalue weighted by molar-refractivity contribution is 0.522. The summed E-state index contributed by atoms with van der Waals surface area (Å²) in [7, 11) is -3.84. The van der Waals surface area contributed by atoms with Gasteiger partial charge in [0.25, 0.3) is 0 Å². The van der Waals surface area contributed by atoms with Crippen molar-refractivity contribution in [2.45, 2.75) is 29.1 Å². The van der Waals surface area contributed by atoms with E-state index < -0.39 is 16.1 Å². The van der Waals surface area contributed by atoms with E-state index in [1.54, 1.807) is 12.1 Å². The van der Waals surface area contributed by atoms with Gasteiger partial charge in [-0.1, -0.05) is 72.3 Å². The van der Waals surface area contributed by atoms with Crippen LogP contribution in [0.2, 0.25) is 5.02 Å². The monoisotopic (exact) mass is 484 g/mol. The first-order valence-corrected chi connectivity index (χ1v) is 12.2. The van der Waals surface area contributed by atoms with Crippen LogP contribution in [0.15, 0.2) is 95.0 Å². The summed E-state index contributed by atoms with van der Waals surface area (Å²) in [6.45, 7) is 0.468. The van der Waals surface area contributed by atoms with Gasteiger partial charge in [-0.15, -0.1) is 22.8 Å². The van der Waals surface area contributed by atoms with E-state index in [0.717, 1.165) is 11.1 Å². The number of thiol groups is 1. The smallest absolute Gasteiger partial charge is 0.241 e. The molecule has 1 heterocycles. The average Bonchev–Trinajstić information content (AvgIpc) is 3.15. The van der Waals surface area contributed by atoms with Crippen LogP contribution in [0.5, 0.6) is 0 Å². The van der Waals surface area contributed by atoms with Crippen LogP contribution < -0.4 is 4.72 Å². The molecule has 0 radical (unpaired) electrons. The first-order valence-electron chi connectivity index (χ1n) is 9.90. The number of nitrogens with zero attached hydrogens (tertiary/aromatic N) is 3. The van der Waals surface area contributed by atoms with Crippen LogP contribution in [0.4, 0.5) is 0 Å². The molecule has 0 aliphatic carbocycles. The maximum Gasteiger partial charge on any atom is 0.241 e. The Morgan fingerprint density at radius 2 is 1.47 bits per heavy atom. The van der Waals surface area contributed by atoms with E-state index in [9.17, 15) is 8.42 Å². The van der Waals surface area contributed by atoms with E-state index in [2.05, 4.69) is 27.5 Å². The van der Waals surface area contributed by atoms with Crippen LogP contribution >= 0.6 is 24.2 Å². The molecule has 1 N–H and O–H groups in total. The molecule has 32 heavy (non-hydrogen) atoms. The average molecular weight is 485 g/mol. The lowest BCUT2D eigenvalue weighted by atomic mass is 10.1. The zero-order valence-corrected chi connectivity index (χ0v) is 19.4. The lowest BCUT2D eigenvalue weighted by Crippen LogP contribution is -2.32. The highest BCUT2D eigenvalue weighted by Gasteiger charge is 2.27. The third kappa shape index (κ3) is 5.39. The summed E-state index contributed by atoms with van der Waals surface area (Å²) < 4.78 is 30.9. The number of benzene rings is 3. The van der Waals surface area contributed by atoms with Gasteiger partial charge in [0.05, 0.1) is 17.5 Å². The Morgan fingerprint density at radius 1 is 0.875 bits per heavy atom. The molecule has 1 aromatic heterocycles. The van der Waals surface area contributed by atoms with Crippen LogP contribution in [-0.4, -0.2) is 23.2 Å². The van der Waals surface area contributed by atoms with Crippen molar-refractivity contribution in [3.63, 3.8) is 0 Å². The second-order valence-corrected chi connectivity index (χ2v) is 9.80. The topological polar surface area (TPSA) is 76.9 Å². The Kier molecular flexibility index (Phi) is 6.95. The van der Waals surface area contributed by atoms with Crippen LogP contribution in [0.1, 0.15) is 23.0 Å².